The van der Waals surface area contributed by atoms with Crippen LogP contribution in [-0.2, 0) is 4.74 Å². The highest BCUT2D eigenvalue weighted by molar-refractivity contribution is 5.78. The highest BCUT2D eigenvalue weighted by Crippen LogP contribution is 2.30. The number of hydrogen-bond acceptors (Lipinski definition) is 3. The molecule has 2 aromatic heterocycles. The lowest BCUT2D eigenvalue weighted by Crippen LogP contribution is -2.44. The topological polar surface area (TPSA) is 67.3 Å². The molecule has 0 aromatic carbocycles. The molecule has 6 nitrogen and oxygen atoms in total. The van der Waals surface area contributed by atoms with E-state index >= 15 is 0 Å². The number of piperidine rings is 1. The van der Waals surface area contributed by atoms with E-state index in [1.165, 1.54) is 0 Å². The summed E-state index contributed by atoms with van der Waals surface area (Å²) in [5.41, 5.74) is 0.137. The Balaban J connectivity index is 1.79. The first kappa shape index (κ1) is 17.6. The molecule has 2 aromatic rings. The van der Waals surface area contributed by atoms with Crippen molar-refractivity contribution in [2.45, 2.75) is 52.2 Å². The van der Waals surface area contributed by atoms with Crippen molar-refractivity contribution in [3.8, 4) is 0 Å². The molecular formula is C19H27N3O3. The van der Waals surface area contributed by atoms with E-state index in [-0.39, 0.29) is 23.6 Å². The van der Waals surface area contributed by atoms with Crippen molar-refractivity contribution in [3.63, 3.8) is 0 Å². The third kappa shape index (κ3) is 3.72. The van der Waals surface area contributed by atoms with Gasteiger partial charge in [-0.2, -0.15) is 0 Å². The van der Waals surface area contributed by atoms with Gasteiger partial charge < -0.3 is 19.2 Å². The van der Waals surface area contributed by atoms with E-state index in [1.54, 1.807) is 11.1 Å². The zero-order chi connectivity index (χ0) is 18.2. The fourth-order valence-corrected chi connectivity index (χ4v) is 3.58. The van der Waals surface area contributed by atoms with Crippen LogP contribution in [0.4, 0.5) is 4.79 Å². The Labute approximate surface area is 147 Å². The summed E-state index contributed by atoms with van der Waals surface area (Å²) in [5.74, 6) is 0.288. The maximum absolute atomic E-state index is 12.4. The van der Waals surface area contributed by atoms with Gasteiger partial charge in [-0.05, 0) is 58.6 Å². The number of pyridine rings is 1. The number of H-pyrrole nitrogens is 1. The minimum absolute atomic E-state index is 0.0749. The normalized spacial score (nSPS) is 19.8. The average Bonchev–Trinajstić information content (AvgIpc) is 2.98. The van der Waals surface area contributed by atoms with Crippen molar-refractivity contribution in [3.05, 3.63) is 34.9 Å². The molecule has 1 N–H and O–H groups in total. The molecule has 1 saturated heterocycles. The number of likely N-dealkylation sites (tertiary alicyclic amines) is 1. The number of aromatic amines is 1. The van der Waals surface area contributed by atoms with Gasteiger partial charge in [-0.25, -0.2) is 4.79 Å². The minimum Gasteiger partial charge on any atom is -0.444 e. The largest absolute Gasteiger partial charge is 0.444 e. The highest BCUT2D eigenvalue weighted by atomic mass is 16.6. The molecule has 1 fully saturated rings. The van der Waals surface area contributed by atoms with Crippen LogP contribution in [0.15, 0.2) is 29.3 Å². The summed E-state index contributed by atoms with van der Waals surface area (Å²) in [6.07, 6.45) is 5.37. The lowest BCUT2D eigenvalue weighted by molar-refractivity contribution is 0.0140. The number of nitrogens with zero attached hydrogens (tertiary/aromatic N) is 2. The Hall–Kier alpha value is -2.24. The second kappa shape index (κ2) is 6.58. The summed E-state index contributed by atoms with van der Waals surface area (Å²) >= 11 is 0. The number of hydrogen-bond donors (Lipinski definition) is 1. The minimum atomic E-state index is -0.487. The van der Waals surface area contributed by atoms with Crippen molar-refractivity contribution in [1.29, 1.82) is 0 Å². The molecule has 1 amide bonds. The third-order valence-corrected chi connectivity index (χ3v) is 4.87. The van der Waals surface area contributed by atoms with Crippen molar-refractivity contribution in [2.75, 3.05) is 13.1 Å². The van der Waals surface area contributed by atoms with Gasteiger partial charge >= 0.3 is 6.09 Å². The average molecular weight is 345 g/mol. The molecule has 25 heavy (non-hydrogen) atoms. The number of fused-ring (bicyclic) bond motifs is 1. The van der Waals surface area contributed by atoms with Gasteiger partial charge in [0.1, 0.15) is 11.1 Å². The highest BCUT2D eigenvalue weighted by Gasteiger charge is 2.31. The standard InChI is InChI=1S/C19H27N3O3/c1-13(22-11-8-14-7-9-20-17(23)16(14)22)15-6-5-10-21(12-15)18(24)25-19(2,3)4/h7-9,11,13,15H,5-6,10,12H2,1-4H3,(H,20,23). The number of carbonyl (C=O) groups is 1. The predicted octanol–water partition coefficient (Wildman–Crippen LogP) is 3.54. The summed E-state index contributed by atoms with van der Waals surface area (Å²) < 4.78 is 7.55. The van der Waals surface area contributed by atoms with Crippen LogP contribution in [0.25, 0.3) is 10.9 Å². The van der Waals surface area contributed by atoms with Crippen LogP contribution in [0, 0.1) is 5.92 Å². The first-order chi connectivity index (χ1) is 11.8. The van der Waals surface area contributed by atoms with Crippen LogP contribution in [0.5, 0.6) is 0 Å². The van der Waals surface area contributed by atoms with E-state index in [1.807, 2.05) is 43.7 Å². The molecule has 3 heterocycles. The monoisotopic (exact) mass is 345 g/mol. The van der Waals surface area contributed by atoms with Crippen LogP contribution in [0.2, 0.25) is 0 Å². The number of aromatic nitrogens is 2. The number of rotatable bonds is 2. The van der Waals surface area contributed by atoms with Gasteiger partial charge in [-0.15, -0.1) is 0 Å². The molecule has 0 spiro atoms. The van der Waals surface area contributed by atoms with E-state index in [0.29, 0.717) is 12.1 Å². The zero-order valence-electron chi connectivity index (χ0n) is 15.4. The third-order valence-electron chi connectivity index (χ3n) is 4.87. The smallest absolute Gasteiger partial charge is 0.410 e. The molecule has 1 aliphatic heterocycles. The quantitative estimate of drug-likeness (QED) is 0.905. The van der Waals surface area contributed by atoms with Gasteiger partial charge in [-0.3, -0.25) is 4.79 Å². The maximum atomic E-state index is 12.4. The molecule has 0 radical (unpaired) electrons. The molecule has 136 valence electrons. The summed E-state index contributed by atoms with van der Waals surface area (Å²) in [7, 11) is 0. The SMILES string of the molecule is CC(C1CCCN(C(=O)OC(C)(C)C)C1)n1ccc2cc[nH]c(=O)c21. The second-order valence-corrected chi connectivity index (χ2v) is 7.90. The van der Waals surface area contributed by atoms with Gasteiger partial charge in [0.25, 0.3) is 5.56 Å². The van der Waals surface area contributed by atoms with Gasteiger partial charge in [0.05, 0.1) is 0 Å². The van der Waals surface area contributed by atoms with Gasteiger partial charge in [0.2, 0.25) is 0 Å². The number of carbonyl (C=O) groups excluding carboxylic acids is 1. The number of ether oxygens (including phenoxy) is 1. The van der Waals surface area contributed by atoms with Crippen molar-refractivity contribution in [2.24, 2.45) is 5.92 Å². The van der Waals surface area contributed by atoms with E-state index in [9.17, 15) is 9.59 Å². The Morgan fingerprint density at radius 2 is 2.12 bits per heavy atom. The van der Waals surface area contributed by atoms with E-state index in [0.717, 1.165) is 24.8 Å². The van der Waals surface area contributed by atoms with E-state index in [2.05, 4.69) is 11.9 Å². The lowest BCUT2D eigenvalue weighted by Gasteiger charge is -2.37. The van der Waals surface area contributed by atoms with Crippen LogP contribution >= 0.6 is 0 Å². The maximum Gasteiger partial charge on any atom is 0.410 e. The van der Waals surface area contributed by atoms with E-state index < -0.39 is 5.60 Å². The Morgan fingerprint density at radius 3 is 2.84 bits per heavy atom. The molecule has 6 heteroatoms. The van der Waals surface area contributed by atoms with Crippen molar-refractivity contribution in [1.82, 2.24) is 14.5 Å². The second-order valence-electron chi connectivity index (χ2n) is 7.90. The Kier molecular flexibility index (Phi) is 4.62. The summed E-state index contributed by atoms with van der Waals surface area (Å²) in [6.45, 7) is 9.15. The van der Waals surface area contributed by atoms with E-state index in [4.69, 9.17) is 4.74 Å². The molecule has 0 aliphatic carbocycles. The number of amides is 1. The van der Waals surface area contributed by atoms with Crippen molar-refractivity contribution < 1.29 is 9.53 Å². The summed E-state index contributed by atoms with van der Waals surface area (Å²) in [5, 5.41) is 0.940. The molecule has 2 atom stereocenters. The summed E-state index contributed by atoms with van der Waals surface area (Å²) in [4.78, 5) is 29.1. The van der Waals surface area contributed by atoms with Gasteiger partial charge in [-0.1, -0.05) is 0 Å². The molecule has 0 bridgehead atoms. The van der Waals surface area contributed by atoms with Crippen LogP contribution < -0.4 is 5.56 Å². The molecule has 2 unspecified atom stereocenters. The predicted molar refractivity (Wildman–Crippen MR) is 97.8 cm³/mol. The fourth-order valence-electron chi connectivity index (χ4n) is 3.58. The molecule has 1 aliphatic rings. The van der Waals surface area contributed by atoms with Crippen LogP contribution in [0.3, 0.4) is 0 Å². The zero-order valence-corrected chi connectivity index (χ0v) is 15.4. The lowest BCUT2D eigenvalue weighted by atomic mass is 9.91. The van der Waals surface area contributed by atoms with Gasteiger partial charge in [0, 0.05) is 36.9 Å². The Bertz CT molecular complexity index is 815. The molecular weight excluding hydrogens is 318 g/mol. The van der Waals surface area contributed by atoms with Gasteiger partial charge in [0.15, 0.2) is 0 Å². The summed E-state index contributed by atoms with van der Waals surface area (Å²) in [6, 6.07) is 4.01. The Morgan fingerprint density at radius 1 is 1.36 bits per heavy atom. The van der Waals surface area contributed by atoms with Crippen LogP contribution in [0.1, 0.15) is 46.6 Å². The van der Waals surface area contributed by atoms with Crippen LogP contribution in [-0.4, -0.2) is 39.2 Å². The molecule has 3 rings (SSSR count). The van der Waals surface area contributed by atoms with Crippen molar-refractivity contribution >= 4 is 17.0 Å². The fraction of sp³-hybridized carbons (Fsp3) is 0.579. The first-order valence-electron chi connectivity index (χ1n) is 8.92. The molecule has 0 saturated carbocycles. The number of nitrogens with one attached hydrogen (secondary N) is 1. The first-order valence-corrected chi connectivity index (χ1v) is 8.92.